The third-order valence-electron chi connectivity index (χ3n) is 8.90. The predicted octanol–water partition coefficient (Wildman–Crippen LogP) is 4.97. The largest absolute Gasteiger partial charge is 0.427 e. The highest BCUT2D eigenvalue weighted by molar-refractivity contribution is 5.97. The fraction of sp³-hybridized carbons (Fsp3) is 1.00. The van der Waals surface area contributed by atoms with Crippen LogP contribution in [0, 0.1) is 46.8 Å². The molecule has 7 atom stereocenters. The van der Waals surface area contributed by atoms with Crippen LogP contribution in [0.25, 0.3) is 0 Å². The van der Waals surface area contributed by atoms with Gasteiger partial charge in [-0.3, -0.25) is 0 Å². The fourth-order valence-corrected chi connectivity index (χ4v) is 9.18. The molecule has 2 heteroatoms. The van der Waals surface area contributed by atoms with E-state index in [0.717, 1.165) is 58.5 Å². The summed E-state index contributed by atoms with van der Waals surface area (Å²) in [6, 6.07) is 0. The van der Waals surface area contributed by atoms with E-state index in [1.807, 2.05) is 0 Å². The van der Waals surface area contributed by atoms with Crippen molar-refractivity contribution in [1.82, 2.24) is 0 Å². The summed E-state index contributed by atoms with van der Waals surface area (Å²) in [6.07, 6.45) is 16.6. The second kappa shape index (κ2) is 7.06. The van der Waals surface area contributed by atoms with Crippen LogP contribution in [0.4, 0.5) is 0 Å². The lowest BCUT2D eigenvalue weighted by atomic mass is 9.56. The lowest BCUT2D eigenvalue weighted by molar-refractivity contribution is -0.0333. The van der Waals surface area contributed by atoms with Crippen LogP contribution < -0.4 is 0 Å². The topological polar surface area (TPSA) is 9.23 Å². The maximum absolute atomic E-state index is 6.04. The van der Waals surface area contributed by atoms with Crippen molar-refractivity contribution in [2.75, 3.05) is 6.61 Å². The lowest BCUT2D eigenvalue weighted by Crippen LogP contribution is -2.45. The van der Waals surface area contributed by atoms with Crippen molar-refractivity contribution in [3.63, 3.8) is 0 Å². The molecule has 4 bridgehead atoms. The van der Waals surface area contributed by atoms with Gasteiger partial charge in [0.25, 0.3) is 0 Å². The van der Waals surface area contributed by atoms with Crippen LogP contribution in [-0.2, 0) is 4.43 Å². The van der Waals surface area contributed by atoms with Crippen LogP contribution >= 0.6 is 0 Å². The average Bonchev–Trinajstić information content (AvgIpc) is 3.34. The van der Waals surface area contributed by atoms with Gasteiger partial charge >= 0.3 is 0 Å². The normalized spacial score (nSPS) is 44.0. The summed E-state index contributed by atoms with van der Waals surface area (Å²) in [5.41, 5.74) is 0.525. The average molecular weight is 349 g/mol. The quantitative estimate of drug-likeness (QED) is 0.563. The van der Waals surface area contributed by atoms with Gasteiger partial charge < -0.3 is 4.43 Å². The van der Waals surface area contributed by atoms with Gasteiger partial charge in [0.1, 0.15) is 10.5 Å². The first-order chi connectivity index (χ1) is 11.7. The molecule has 4 fully saturated rings. The van der Waals surface area contributed by atoms with Crippen molar-refractivity contribution in [2.45, 2.75) is 84.5 Å². The van der Waals surface area contributed by atoms with Crippen molar-refractivity contribution in [3.05, 3.63) is 0 Å². The minimum Gasteiger partial charge on any atom is -0.427 e. The van der Waals surface area contributed by atoms with E-state index >= 15 is 0 Å². The van der Waals surface area contributed by atoms with Crippen LogP contribution in [0.3, 0.4) is 0 Å². The maximum Gasteiger partial charge on any atom is 0.145 e. The molecule has 0 saturated heterocycles. The van der Waals surface area contributed by atoms with E-state index in [9.17, 15) is 0 Å². The molecule has 0 amide bonds. The van der Waals surface area contributed by atoms with Gasteiger partial charge in [0.15, 0.2) is 0 Å². The van der Waals surface area contributed by atoms with Crippen LogP contribution in [0.15, 0.2) is 0 Å². The highest BCUT2D eigenvalue weighted by atomic mass is 28.2. The SMILES string of the molecule is CCCC(CCC)(CO[SiH3])C1C2CCC(C2)C1C1CC2CCC1C2. The van der Waals surface area contributed by atoms with Crippen molar-refractivity contribution >= 4 is 10.5 Å². The summed E-state index contributed by atoms with van der Waals surface area (Å²) in [6.45, 7) is 5.92. The number of hydrogen-bond donors (Lipinski definition) is 0. The van der Waals surface area contributed by atoms with Gasteiger partial charge in [-0.2, -0.15) is 0 Å². The zero-order chi connectivity index (χ0) is 16.7. The summed E-state index contributed by atoms with van der Waals surface area (Å²) in [7, 11) is 0.919. The molecule has 0 N–H and O–H groups in total. The Labute approximate surface area is 153 Å². The monoisotopic (exact) mass is 348 g/mol. The Kier molecular flexibility index (Phi) is 5.17. The Bertz CT molecular complexity index is 419. The summed E-state index contributed by atoms with van der Waals surface area (Å²) < 4.78 is 6.04. The Morgan fingerprint density at radius 3 is 2.17 bits per heavy atom. The number of hydrogen-bond acceptors (Lipinski definition) is 1. The summed E-state index contributed by atoms with van der Waals surface area (Å²) in [5, 5.41) is 0. The fourth-order valence-electron chi connectivity index (χ4n) is 8.61. The second-order valence-electron chi connectivity index (χ2n) is 10.1. The molecule has 138 valence electrons. The molecule has 4 aliphatic rings. The first-order valence-corrected chi connectivity index (χ1v) is 12.0. The molecule has 4 saturated carbocycles. The van der Waals surface area contributed by atoms with E-state index in [1.165, 1.54) is 25.7 Å². The van der Waals surface area contributed by atoms with Gasteiger partial charge in [0, 0.05) is 6.61 Å². The van der Waals surface area contributed by atoms with Crippen molar-refractivity contribution in [1.29, 1.82) is 0 Å². The highest BCUT2D eigenvalue weighted by Crippen LogP contribution is 2.66. The Hall–Kier alpha value is 0.177. The summed E-state index contributed by atoms with van der Waals surface area (Å²) in [4.78, 5) is 0. The molecule has 7 unspecified atom stereocenters. The molecule has 0 spiro atoms. The van der Waals surface area contributed by atoms with Crippen LogP contribution in [0.5, 0.6) is 0 Å². The van der Waals surface area contributed by atoms with E-state index in [-0.39, 0.29) is 0 Å². The van der Waals surface area contributed by atoms with Gasteiger partial charge in [-0.15, -0.1) is 0 Å². The molecular formula is C22H40OSi. The van der Waals surface area contributed by atoms with E-state index in [0.29, 0.717) is 5.41 Å². The Morgan fingerprint density at radius 2 is 1.58 bits per heavy atom. The van der Waals surface area contributed by atoms with Gasteiger partial charge in [-0.1, -0.05) is 33.1 Å². The standard InChI is InChI=1S/C22H40OSi/c1-3-9-22(10-4-2,14-23-24)21-18-8-7-17(13-18)20(21)19-12-15-5-6-16(19)11-15/h15-21H,3-14H2,1-2,24H3. The van der Waals surface area contributed by atoms with Gasteiger partial charge in [-0.25, -0.2) is 0 Å². The third-order valence-corrected chi connectivity index (χ3v) is 9.19. The minimum absolute atomic E-state index is 0.525. The molecule has 0 heterocycles. The smallest absolute Gasteiger partial charge is 0.145 e. The van der Waals surface area contributed by atoms with Gasteiger partial charge in [0.05, 0.1) is 0 Å². The third kappa shape index (κ3) is 2.75. The molecule has 24 heavy (non-hydrogen) atoms. The highest BCUT2D eigenvalue weighted by Gasteiger charge is 2.59. The molecule has 0 aliphatic heterocycles. The van der Waals surface area contributed by atoms with E-state index < -0.39 is 0 Å². The predicted molar refractivity (Wildman–Crippen MR) is 105 cm³/mol. The van der Waals surface area contributed by atoms with Crippen molar-refractivity contribution < 1.29 is 4.43 Å². The van der Waals surface area contributed by atoms with Crippen molar-refractivity contribution in [3.8, 4) is 0 Å². The van der Waals surface area contributed by atoms with E-state index in [2.05, 4.69) is 13.8 Å². The summed E-state index contributed by atoms with van der Waals surface area (Å²) >= 11 is 0. The minimum atomic E-state index is 0.525. The number of fused-ring (bicyclic) bond motifs is 4. The molecule has 4 rings (SSSR count). The zero-order valence-corrected chi connectivity index (χ0v) is 18.4. The lowest BCUT2D eigenvalue weighted by Gasteiger charge is -2.50. The molecule has 1 nitrogen and oxygen atoms in total. The Morgan fingerprint density at radius 1 is 0.875 bits per heavy atom. The summed E-state index contributed by atoms with van der Waals surface area (Å²) in [5.74, 6) is 7.55. The molecule has 0 aromatic carbocycles. The molecule has 0 radical (unpaired) electrons. The van der Waals surface area contributed by atoms with Crippen LogP contribution in [-0.4, -0.2) is 17.1 Å². The first kappa shape index (κ1) is 17.6. The van der Waals surface area contributed by atoms with E-state index in [1.54, 1.807) is 44.9 Å². The maximum atomic E-state index is 6.04. The molecule has 0 aromatic heterocycles. The van der Waals surface area contributed by atoms with Crippen LogP contribution in [0.2, 0.25) is 0 Å². The number of rotatable bonds is 8. The zero-order valence-electron chi connectivity index (χ0n) is 16.4. The Balaban J connectivity index is 1.64. The van der Waals surface area contributed by atoms with Gasteiger partial charge in [0.2, 0.25) is 0 Å². The molecule has 0 aromatic rings. The molecular weight excluding hydrogens is 308 g/mol. The van der Waals surface area contributed by atoms with Crippen LogP contribution in [0.1, 0.15) is 84.5 Å². The second-order valence-corrected chi connectivity index (χ2v) is 10.6. The molecule has 4 aliphatic carbocycles. The van der Waals surface area contributed by atoms with Crippen molar-refractivity contribution in [2.24, 2.45) is 46.8 Å². The van der Waals surface area contributed by atoms with E-state index in [4.69, 9.17) is 4.43 Å². The first-order valence-electron chi connectivity index (χ1n) is 11.2. The van der Waals surface area contributed by atoms with Gasteiger partial charge in [-0.05, 0) is 98.2 Å².